The van der Waals surface area contributed by atoms with Crippen molar-refractivity contribution in [2.75, 3.05) is 25.0 Å². The van der Waals surface area contributed by atoms with Gasteiger partial charge in [0, 0.05) is 49.9 Å². The van der Waals surface area contributed by atoms with Gasteiger partial charge in [-0.15, -0.1) is 0 Å². The lowest BCUT2D eigenvalue weighted by Gasteiger charge is -2.30. The number of nitrogens with zero attached hydrogens (tertiary/aromatic N) is 2. The minimum Gasteiger partial charge on any atom is -0.365 e. The van der Waals surface area contributed by atoms with Crippen LogP contribution in [0.3, 0.4) is 0 Å². The minimum absolute atomic E-state index is 0.0719. The molecule has 0 aromatic heterocycles. The second-order valence-electron chi connectivity index (χ2n) is 7.29. The van der Waals surface area contributed by atoms with Crippen LogP contribution in [0.2, 0.25) is 0 Å². The van der Waals surface area contributed by atoms with E-state index in [0.29, 0.717) is 0 Å². The van der Waals surface area contributed by atoms with Gasteiger partial charge in [0.15, 0.2) is 0 Å². The number of benzene rings is 1. The summed E-state index contributed by atoms with van der Waals surface area (Å²) in [4.78, 5) is 13.8. The van der Waals surface area contributed by atoms with Crippen LogP contribution in [-0.2, 0) is 4.79 Å². The molecule has 1 unspecified atom stereocenters. The fourth-order valence-corrected chi connectivity index (χ4v) is 3.67. The van der Waals surface area contributed by atoms with E-state index in [9.17, 15) is 4.79 Å². The molecule has 5 nitrogen and oxygen atoms in total. The molecule has 1 amide bonds. The molecule has 1 atom stereocenters. The second-order valence-corrected chi connectivity index (χ2v) is 7.29. The molecule has 1 aliphatic carbocycles. The summed E-state index contributed by atoms with van der Waals surface area (Å²) < 4.78 is 0. The lowest BCUT2D eigenvalue weighted by molar-refractivity contribution is -0.128. The van der Waals surface area contributed by atoms with Gasteiger partial charge in [-0.05, 0) is 43.4 Å². The van der Waals surface area contributed by atoms with Crippen molar-refractivity contribution in [3.63, 3.8) is 0 Å². The Morgan fingerprint density at radius 3 is 2.92 bits per heavy atom. The third-order valence-corrected chi connectivity index (χ3v) is 5.22. The van der Waals surface area contributed by atoms with Gasteiger partial charge >= 0.3 is 0 Å². The Labute approximate surface area is 143 Å². The first-order valence-corrected chi connectivity index (χ1v) is 8.94. The smallest absolute Gasteiger partial charge is 0.219 e. The maximum Gasteiger partial charge on any atom is 0.219 e. The highest BCUT2D eigenvalue weighted by molar-refractivity contribution is 5.74. The predicted octanol–water partition coefficient (Wildman–Crippen LogP) is 2.47. The lowest BCUT2D eigenvalue weighted by Crippen LogP contribution is -2.43. The molecule has 5 heteroatoms. The third-order valence-electron chi connectivity index (χ3n) is 5.22. The summed E-state index contributed by atoms with van der Waals surface area (Å²) in [5, 5.41) is 5.96. The second kappa shape index (κ2) is 6.13. The first-order chi connectivity index (χ1) is 11.6. The molecule has 2 heterocycles. The fourth-order valence-electron chi connectivity index (χ4n) is 3.67. The summed E-state index contributed by atoms with van der Waals surface area (Å²) >= 11 is 0. The van der Waals surface area contributed by atoms with Gasteiger partial charge < -0.3 is 15.2 Å². The van der Waals surface area contributed by atoms with Crippen LogP contribution in [0.1, 0.15) is 31.7 Å². The van der Waals surface area contributed by atoms with Gasteiger partial charge in [0.1, 0.15) is 6.17 Å². The average Bonchev–Trinajstić information content (AvgIpc) is 3.31. The van der Waals surface area contributed by atoms with Crippen LogP contribution >= 0.6 is 0 Å². The van der Waals surface area contributed by atoms with Crippen LogP contribution in [0.25, 0.3) is 0 Å². The quantitative estimate of drug-likeness (QED) is 0.892. The molecule has 3 aliphatic rings. The van der Waals surface area contributed by atoms with Crippen LogP contribution in [-0.4, -0.2) is 41.6 Å². The highest BCUT2D eigenvalue weighted by Crippen LogP contribution is 2.35. The average molecular weight is 326 g/mol. The van der Waals surface area contributed by atoms with Crippen LogP contribution < -0.4 is 10.7 Å². The van der Waals surface area contributed by atoms with E-state index in [4.69, 9.17) is 0 Å². The molecule has 128 valence electrons. The SMILES string of the molecule is CC(=O)N1CCC2=C(C1)C(Nc1cccc(C)c1)NN2CC1CC1. The van der Waals surface area contributed by atoms with Crippen molar-refractivity contribution in [3.05, 3.63) is 41.1 Å². The molecule has 4 rings (SSSR count). The largest absolute Gasteiger partial charge is 0.365 e. The Morgan fingerprint density at radius 1 is 1.38 bits per heavy atom. The Balaban J connectivity index is 1.56. The molecule has 1 aromatic rings. The number of rotatable bonds is 4. The van der Waals surface area contributed by atoms with Gasteiger partial charge in [-0.1, -0.05) is 12.1 Å². The molecule has 1 aromatic carbocycles. The number of carbonyl (C=O) groups excluding carboxylic acids is 1. The molecule has 2 aliphatic heterocycles. The topological polar surface area (TPSA) is 47.6 Å². The van der Waals surface area contributed by atoms with Gasteiger partial charge in [-0.25, -0.2) is 5.43 Å². The van der Waals surface area contributed by atoms with Crippen molar-refractivity contribution in [1.82, 2.24) is 15.3 Å². The Bertz CT molecular complexity index is 680. The zero-order valence-electron chi connectivity index (χ0n) is 14.5. The summed E-state index contributed by atoms with van der Waals surface area (Å²) in [6, 6.07) is 8.45. The highest BCUT2D eigenvalue weighted by Gasteiger charge is 2.37. The van der Waals surface area contributed by atoms with E-state index in [1.807, 2.05) is 4.90 Å². The Kier molecular flexibility index (Phi) is 3.96. The summed E-state index contributed by atoms with van der Waals surface area (Å²) in [6.45, 7) is 6.41. The fraction of sp³-hybridized carbons (Fsp3) is 0.526. The molecule has 0 saturated heterocycles. The van der Waals surface area contributed by atoms with E-state index in [-0.39, 0.29) is 12.1 Å². The van der Waals surface area contributed by atoms with Crippen LogP contribution in [0.4, 0.5) is 5.69 Å². The van der Waals surface area contributed by atoms with E-state index in [1.165, 1.54) is 29.7 Å². The van der Waals surface area contributed by atoms with Gasteiger partial charge in [0.05, 0.1) is 0 Å². The van der Waals surface area contributed by atoms with Crippen molar-refractivity contribution in [2.24, 2.45) is 5.92 Å². The number of aryl methyl sites for hydroxylation is 1. The van der Waals surface area contributed by atoms with Crippen molar-refractivity contribution in [2.45, 2.75) is 39.3 Å². The Hall–Kier alpha value is -2.01. The molecule has 2 N–H and O–H groups in total. The zero-order chi connectivity index (χ0) is 16.7. The van der Waals surface area contributed by atoms with Crippen LogP contribution in [0.5, 0.6) is 0 Å². The number of hydrogen-bond donors (Lipinski definition) is 2. The minimum atomic E-state index is 0.0719. The summed E-state index contributed by atoms with van der Waals surface area (Å²) in [5.41, 5.74) is 8.72. The molecule has 1 saturated carbocycles. The van der Waals surface area contributed by atoms with Gasteiger partial charge in [0.25, 0.3) is 0 Å². The van der Waals surface area contributed by atoms with Gasteiger partial charge in [-0.3, -0.25) is 4.79 Å². The van der Waals surface area contributed by atoms with Crippen molar-refractivity contribution >= 4 is 11.6 Å². The van der Waals surface area contributed by atoms with Gasteiger partial charge in [-0.2, -0.15) is 0 Å². The Morgan fingerprint density at radius 2 is 2.21 bits per heavy atom. The van der Waals surface area contributed by atoms with E-state index in [2.05, 4.69) is 46.9 Å². The zero-order valence-corrected chi connectivity index (χ0v) is 14.5. The molecule has 1 fully saturated rings. The number of hydrazine groups is 1. The van der Waals surface area contributed by atoms with E-state index in [0.717, 1.165) is 37.7 Å². The van der Waals surface area contributed by atoms with Crippen LogP contribution in [0, 0.1) is 12.8 Å². The predicted molar refractivity (Wildman–Crippen MR) is 95.1 cm³/mol. The standard InChI is InChI=1S/C19H26N4O/c1-13-4-3-5-16(10-13)20-19-17-12-22(14(2)24)9-8-18(17)23(21-19)11-15-6-7-15/h3-5,10,15,19-21H,6-9,11-12H2,1-2H3. The number of carbonyl (C=O) groups is 1. The van der Waals surface area contributed by atoms with Gasteiger partial charge in [0.2, 0.25) is 5.91 Å². The molecular formula is C19H26N4O. The molecule has 0 bridgehead atoms. The summed E-state index contributed by atoms with van der Waals surface area (Å²) in [7, 11) is 0. The van der Waals surface area contributed by atoms with E-state index in [1.54, 1.807) is 6.92 Å². The highest BCUT2D eigenvalue weighted by atomic mass is 16.2. The number of nitrogens with one attached hydrogen (secondary N) is 2. The third kappa shape index (κ3) is 3.13. The first kappa shape index (κ1) is 15.5. The first-order valence-electron chi connectivity index (χ1n) is 8.94. The van der Waals surface area contributed by atoms with Crippen molar-refractivity contribution < 1.29 is 4.79 Å². The number of amides is 1. The van der Waals surface area contributed by atoms with E-state index < -0.39 is 0 Å². The molecule has 0 spiro atoms. The molecule has 24 heavy (non-hydrogen) atoms. The number of hydrogen-bond acceptors (Lipinski definition) is 4. The molecule has 0 radical (unpaired) electrons. The lowest BCUT2D eigenvalue weighted by atomic mass is 10.0. The summed E-state index contributed by atoms with van der Waals surface area (Å²) in [5.74, 6) is 0.992. The van der Waals surface area contributed by atoms with Crippen molar-refractivity contribution in [3.8, 4) is 0 Å². The summed E-state index contributed by atoms with van der Waals surface area (Å²) in [6.07, 6.45) is 3.70. The number of anilines is 1. The normalized spacial score (nSPS) is 23.5. The van der Waals surface area contributed by atoms with Crippen LogP contribution in [0.15, 0.2) is 35.5 Å². The maximum absolute atomic E-state index is 11.8. The molecular weight excluding hydrogens is 300 g/mol. The maximum atomic E-state index is 11.8. The van der Waals surface area contributed by atoms with Crippen molar-refractivity contribution in [1.29, 1.82) is 0 Å². The monoisotopic (exact) mass is 326 g/mol. The van der Waals surface area contributed by atoms with E-state index >= 15 is 0 Å².